The summed E-state index contributed by atoms with van der Waals surface area (Å²) >= 11 is 1.83. The Bertz CT molecular complexity index is 838. The van der Waals surface area contributed by atoms with Crippen LogP contribution in [0.5, 0.6) is 0 Å². The maximum absolute atomic E-state index is 5.40. The first-order valence-electron chi connectivity index (χ1n) is 10.5. The number of aryl methyl sites for hydroxylation is 1. The molecule has 4 heteroatoms. The van der Waals surface area contributed by atoms with Gasteiger partial charge in [0, 0.05) is 31.2 Å². The average molecular weight is 382 g/mol. The van der Waals surface area contributed by atoms with Crippen molar-refractivity contribution in [2.24, 2.45) is 29.8 Å². The Kier molecular flexibility index (Phi) is 4.52. The molecule has 3 nitrogen and oxygen atoms in total. The van der Waals surface area contributed by atoms with Crippen molar-refractivity contribution in [3.05, 3.63) is 51.3 Å². The molecule has 2 aromatic rings. The molecular weight excluding hydrogens is 350 g/mol. The van der Waals surface area contributed by atoms with Crippen molar-refractivity contribution in [2.75, 3.05) is 0 Å². The van der Waals surface area contributed by atoms with E-state index < -0.39 is 0 Å². The van der Waals surface area contributed by atoms with Gasteiger partial charge >= 0.3 is 0 Å². The molecule has 4 aliphatic rings. The first-order chi connectivity index (χ1) is 13.1. The van der Waals surface area contributed by atoms with Crippen molar-refractivity contribution in [2.45, 2.75) is 64.1 Å². The fraction of sp³-hybridized carbons (Fsp3) is 0.609. The largest absolute Gasteiger partial charge is 0.323 e. The lowest BCUT2D eigenvalue weighted by atomic mass is 9.53. The van der Waals surface area contributed by atoms with E-state index in [1.807, 2.05) is 11.3 Å². The van der Waals surface area contributed by atoms with E-state index in [0.29, 0.717) is 0 Å². The van der Waals surface area contributed by atoms with E-state index in [4.69, 9.17) is 4.99 Å². The Balaban J connectivity index is 1.29. The Morgan fingerprint density at radius 2 is 1.67 bits per heavy atom. The monoisotopic (exact) mass is 381 g/mol. The van der Waals surface area contributed by atoms with Crippen molar-refractivity contribution in [1.29, 1.82) is 0 Å². The minimum absolute atomic E-state index is 0.268. The highest BCUT2D eigenvalue weighted by Gasteiger charge is 2.51. The van der Waals surface area contributed by atoms with Gasteiger partial charge in [-0.25, -0.2) is 0 Å². The van der Waals surface area contributed by atoms with E-state index in [9.17, 15) is 0 Å². The first-order valence-corrected chi connectivity index (χ1v) is 11.4. The molecule has 1 heterocycles. The SMILES string of the molecule is Cc1ccc(CNCc2csc(=NC34CC5CC(CC(C5)C3)C4)n2C)cc1. The van der Waals surface area contributed by atoms with Gasteiger partial charge in [0.05, 0.1) is 5.54 Å². The Hall–Kier alpha value is -1.39. The van der Waals surface area contributed by atoms with Gasteiger partial charge in [0.1, 0.15) is 0 Å². The zero-order valence-electron chi connectivity index (χ0n) is 16.6. The number of nitrogens with zero attached hydrogens (tertiary/aromatic N) is 2. The highest BCUT2D eigenvalue weighted by Crippen LogP contribution is 2.57. The van der Waals surface area contributed by atoms with Gasteiger partial charge in [-0.3, -0.25) is 4.99 Å². The lowest BCUT2D eigenvalue weighted by Crippen LogP contribution is -2.50. The number of rotatable bonds is 5. The van der Waals surface area contributed by atoms with Gasteiger partial charge in [0.15, 0.2) is 4.80 Å². The van der Waals surface area contributed by atoms with Gasteiger partial charge in [-0.05, 0) is 68.8 Å². The molecule has 0 unspecified atom stereocenters. The van der Waals surface area contributed by atoms with Crippen LogP contribution in [-0.2, 0) is 20.1 Å². The molecule has 4 bridgehead atoms. The van der Waals surface area contributed by atoms with Gasteiger partial charge in [-0.15, -0.1) is 11.3 Å². The summed E-state index contributed by atoms with van der Waals surface area (Å²) in [5, 5.41) is 5.89. The second-order valence-corrected chi connectivity index (χ2v) is 10.2. The summed E-state index contributed by atoms with van der Waals surface area (Å²) in [6.07, 6.45) is 8.49. The van der Waals surface area contributed by atoms with E-state index in [2.05, 4.69) is 53.5 Å². The normalized spacial score (nSPS) is 32.4. The molecule has 27 heavy (non-hydrogen) atoms. The van der Waals surface area contributed by atoms with Crippen LogP contribution in [0.1, 0.15) is 55.3 Å². The van der Waals surface area contributed by atoms with E-state index in [1.54, 1.807) is 0 Å². The molecule has 0 saturated heterocycles. The van der Waals surface area contributed by atoms with Crippen molar-refractivity contribution >= 4 is 11.3 Å². The maximum atomic E-state index is 5.40. The molecular formula is C23H31N3S. The molecule has 0 amide bonds. The number of aromatic nitrogens is 1. The van der Waals surface area contributed by atoms with E-state index in [-0.39, 0.29) is 5.54 Å². The van der Waals surface area contributed by atoms with Crippen LogP contribution in [-0.4, -0.2) is 10.1 Å². The summed E-state index contributed by atoms with van der Waals surface area (Å²) in [6, 6.07) is 8.79. The number of thiazole rings is 1. The van der Waals surface area contributed by atoms with Crippen LogP contribution in [0.15, 0.2) is 34.6 Å². The van der Waals surface area contributed by atoms with Crippen LogP contribution in [0.25, 0.3) is 0 Å². The highest BCUT2D eigenvalue weighted by molar-refractivity contribution is 7.07. The van der Waals surface area contributed by atoms with Crippen molar-refractivity contribution in [1.82, 2.24) is 9.88 Å². The lowest BCUT2D eigenvalue weighted by Gasteiger charge is -2.54. The van der Waals surface area contributed by atoms with E-state index in [0.717, 1.165) is 30.8 Å². The molecule has 0 aliphatic heterocycles. The fourth-order valence-electron chi connectivity index (χ4n) is 6.11. The fourth-order valence-corrected chi connectivity index (χ4v) is 7.11. The third-order valence-electron chi connectivity index (χ3n) is 7.11. The third kappa shape index (κ3) is 3.54. The van der Waals surface area contributed by atoms with Gasteiger partial charge in [-0.1, -0.05) is 29.8 Å². The molecule has 0 radical (unpaired) electrons. The molecule has 1 aromatic carbocycles. The topological polar surface area (TPSA) is 29.3 Å². The zero-order valence-corrected chi connectivity index (χ0v) is 17.4. The van der Waals surface area contributed by atoms with Crippen molar-refractivity contribution < 1.29 is 0 Å². The summed E-state index contributed by atoms with van der Waals surface area (Å²) in [5.74, 6) is 2.88. The Morgan fingerprint density at radius 1 is 1.04 bits per heavy atom. The van der Waals surface area contributed by atoms with Gasteiger partial charge in [-0.2, -0.15) is 0 Å². The minimum Gasteiger partial charge on any atom is -0.323 e. The number of benzene rings is 1. The maximum Gasteiger partial charge on any atom is 0.185 e. The molecule has 4 saturated carbocycles. The predicted molar refractivity (Wildman–Crippen MR) is 111 cm³/mol. The molecule has 0 spiro atoms. The van der Waals surface area contributed by atoms with Gasteiger partial charge in [0.2, 0.25) is 0 Å². The van der Waals surface area contributed by atoms with E-state index >= 15 is 0 Å². The lowest BCUT2D eigenvalue weighted by molar-refractivity contribution is -0.000364. The molecule has 1 N–H and O–H groups in total. The summed E-state index contributed by atoms with van der Waals surface area (Å²) in [4.78, 5) is 6.63. The van der Waals surface area contributed by atoms with Gasteiger partial charge in [0.25, 0.3) is 0 Å². The van der Waals surface area contributed by atoms with Crippen LogP contribution in [0.4, 0.5) is 0 Å². The number of hydrogen-bond donors (Lipinski definition) is 1. The van der Waals surface area contributed by atoms with Crippen LogP contribution in [0.2, 0.25) is 0 Å². The standard InChI is InChI=1S/C23H31N3S/c1-16-3-5-17(6-4-16)13-24-14-21-15-27-22(26(21)2)25-23-10-18-7-19(11-23)9-20(8-18)12-23/h3-6,15,18-20,24H,7-14H2,1-2H3. The minimum atomic E-state index is 0.268. The second-order valence-electron chi connectivity index (χ2n) is 9.41. The Morgan fingerprint density at radius 3 is 2.30 bits per heavy atom. The predicted octanol–water partition coefficient (Wildman–Crippen LogP) is 4.55. The molecule has 4 fully saturated rings. The number of hydrogen-bond acceptors (Lipinski definition) is 3. The zero-order chi connectivity index (χ0) is 18.4. The Labute approximate surface area is 166 Å². The molecule has 4 aliphatic carbocycles. The van der Waals surface area contributed by atoms with Crippen LogP contribution in [0, 0.1) is 24.7 Å². The summed E-state index contributed by atoms with van der Waals surface area (Å²) in [7, 11) is 2.19. The van der Waals surface area contributed by atoms with Crippen LogP contribution < -0.4 is 10.1 Å². The molecule has 0 atom stereocenters. The summed E-state index contributed by atoms with van der Waals surface area (Å²) < 4.78 is 2.32. The third-order valence-corrected chi connectivity index (χ3v) is 8.08. The molecule has 6 rings (SSSR count). The first kappa shape index (κ1) is 17.7. The van der Waals surface area contributed by atoms with E-state index in [1.165, 1.54) is 60.1 Å². The van der Waals surface area contributed by atoms with Gasteiger partial charge < -0.3 is 9.88 Å². The smallest absolute Gasteiger partial charge is 0.185 e. The summed E-state index contributed by atoms with van der Waals surface area (Å²) in [5.41, 5.74) is 4.27. The molecule has 1 aromatic heterocycles. The van der Waals surface area contributed by atoms with Crippen molar-refractivity contribution in [3.63, 3.8) is 0 Å². The second kappa shape index (κ2) is 6.89. The average Bonchev–Trinajstić information content (AvgIpc) is 2.95. The summed E-state index contributed by atoms with van der Waals surface area (Å²) in [6.45, 7) is 3.95. The molecule has 144 valence electrons. The highest BCUT2D eigenvalue weighted by atomic mass is 32.1. The van der Waals surface area contributed by atoms with Crippen LogP contribution in [0.3, 0.4) is 0 Å². The quantitative estimate of drug-likeness (QED) is 0.809. The van der Waals surface area contributed by atoms with Crippen molar-refractivity contribution in [3.8, 4) is 0 Å². The number of nitrogens with one attached hydrogen (secondary N) is 1. The van der Waals surface area contributed by atoms with Crippen LogP contribution >= 0.6 is 11.3 Å².